The number of rotatable bonds is 6. The van der Waals surface area contributed by atoms with Gasteiger partial charge in [-0.05, 0) is 31.7 Å². The Bertz CT molecular complexity index is 358. The molecule has 1 aromatic heterocycles. The maximum Gasteiger partial charge on any atom is 0.134 e. The number of anilines is 1. The Morgan fingerprint density at radius 1 is 1.56 bits per heavy atom. The van der Waals surface area contributed by atoms with Crippen LogP contribution in [-0.4, -0.2) is 45.8 Å². The van der Waals surface area contributed by atoms with Gasteiger partial charge in [0.15, 0.2) is 0 Å². The molecule has 1 atom stereocenters. The summed E-state index contributed by atoms with van der Waals surface area (Å²) in [5, 5.41) is 17.9. The van der Waals surface area contributed by atoms with Crippen LogP contribution in [-0.2, 0) is 6.54 Å². The molecule has 18 heavy (non-hydrogen) atoms. The summed E-state index contributed by atoms with van der Waals surface area (Å²) in [5.41, 5.74) is 1.05. The van der Waals surface area contributed by atoms with E-state index in [1.165, 1.54) is 18.0 Å². The van der Waals surface area contributed by atoms with Gasteiger partial charge in [0, 0.05) is 37.8 Å². The third-order valence-corrected chi connectivity index (χ3v) is 4.05. The molecular formula is C12H22N4OS. The number of aliphatic hydroxyl groups is 1. The van der Waals surface area contributed by atoms with E-state index in [-0.39, 0.29) is 0 Å². The van der Waals surface area contributed by atoms with Gasteiger partial charge in [-0.3, -0.25) is 4.90 Å². The number of nitrogens with one attached hydrogen (secondary N) is 1. The molecule has 0 saturated carbocycles. The Morgan fingerprint density at radius 2 is 2.44 bits per heavy atom. The van der Waals surface area contributed by atoms with E-state index in [1.54, 1.807) is 0 Å². The molecule has 102 valence electrons. The molecule has 1 fully saturated rings. The summed E-state index contributed by atoms with van der Waals surface area (Å²) in [6.07, 6.45) is 3.41. The van der Waals surface area contributed by atoms with E-state index in [4.69, 9.17) is 0 Å². The van der Waals surface area contributed by atoms with E-state index in [0.29, 0.717) is 12.5 Å². The zero-order chi connectivity index (χ0) is 12.8. The fraction of sp³-hybridized carbons (Fsp3) is 0.833. The second-order valence-electron chi connectivity index (χ2n) is 4.90. The van der Waals surface area contributed by atoms with E-state index in [0.717, 1.165) is 49.7 Å². The van der Waals surface area contributed by atoms with E-state index < -0.39 is 0 Å². The summed E-state index contributed by atoms with van der Waals surface area (Å²) in [6, 6.07) is 0. The van der Waals surface area contributed by atoms with Gasteiger partial charge in [0.1, 0.15) is 10.7 Å². The second kappa shape index (κ2) is 7.01. The van der Waals surface area contributed by atoms with Crippen molar-refractivity contribution < 1.29 is 5.11 Å². The molecule has 0 radical (unpaired) electrons. The molecule has 2 heterocycles. The number of aromatic nitrogens is 2. The molecule has 5 nitrogen and oxygen atoms in total. The molecule has 2 rings (SSSR count). The van der Waals surface area contributed by atoms with Crippen molar-refractivity contribution in [3.63, 3.8) is 0 Å². The van der Waals surface area contributed by atoms with Crippen LogP contribution in [0.25, 0.3) is 0 Å². The predicted molar refractivity (Wildman–Crippen MR) is 73.8 cm³/mol. The molecule has 0 aliphatic carbocycles. The van der Waals surface area contributed by atoms with Gasteiger partial charge in [-0.2, -0.15) is 0 Å². The molecule has 6 heteroatoms. The molecule has 0 bridgehead atoms. The number of piperidine rings is 1. The van der Waals surface area contributed by atoms with Crippen LogP contribution in [0.2, 0.25) is 0 Å². The van der Waals surface area contributed by atoms with Crippen LogP contribution in [0.1, 0.15) is 31.9 Å². The zero-order valence-corrected chi connectivity index (χ0v) is 11.7. The highest BCUT2D eigenvalue weighted by Gasteiger charge is 2.21. The summed E-state index contributed by atoms with van der Waals surface area (Å²) in [7, 11) is 0. The van der Waals surface area contributed by atoms with Crippen LogP contribution in [0, 0.1) is 5.92 Å². The van der Waals surface area contributed by atoms with Crippen molar-refractivity contribution in [1.82, 2.24) is 14.5 Å². The first-order valence-electron chi connectivity index (χ1n) is 6.71. The Kier molecular flexibility index (Phi) is 5.34. The number of aliphatic hydroxyl groups excluding tert-OH is 1. The van der Waals surface area contributed by atoms with Gasteiger partial charge < -0.3 is 10.4 Å². The van der Waals surface area contributed by atoms with Crippen molar-refractivity contribution in [2.24, 2.45) is 5.92 Å². The lowest BCUT2D eigenvalue weighted by Gasteiger charge is -2.31. The van der Waals surface area contributed by atoms with Crippen molar-refractivity contribution in [2.45, 2.75) is 32.7 Å². The highest BCUT2D eigenvalue weighted by atomic mass is 32.1. The Morgan fingerprint density at radius 3 is 3.22 bits per heavy atom. The van der Waals surface area contributed by atoms with Crippen molar-refractivity contribution >= 4 is 16.5 Å². The smallest absolute Gasteiger partial charge is 0.134 e. The third-order valence-electron chi connectivity index (χ3n) is 3.33. The second-order valence-corrected chi connectivity index (χ2v) is 5.66. The fourth-order valence-electron chi connectivity index (χ4n) is 2.34. The molecule has 1 aliphatic heterocycles. The maximum atomic E-state index is 9.24. The molecular weight excluding hydrogens is 248 g/mol. The van der Waals surface area contributed by atoms with Crippen LogP contribution in [0.3, 0.4) is 0 Å². The van der Waals surface area contributed by atoms with E-state index in [2.05, 4.69) is 26.7 Å². The minimum atomic E-state index is 0.298. The molecule has 2 N–H and O–H groups in total. The van der Waals surface area contributed by atoms with E-state index in [9.17, 15) is 5.11 Å². The molecule has 1 saturated heterocycles. The van der Waals surface area contributed by atoms with Crippen molar-refractivity contribution in [3.05, 3.63) is 5.69 Å². The lowest BCUT2D eigenvalue weighted by Crippen LogP contribution is -2.36. The summed E-state index contributed by atoms with van der Waals surface area (Å²) < 4.78 is 4.03. The summed E-state index contributed by atoms with van der Waals surface area (Å²) >= 11 is 1.44. The molecule has 1 unspecified atom stereocenters. The van der Waals surface area contributed by atoms with E-state index in [1.807, 2.05) is 0 Å². The number of hydrogen-bond donors (Lipinski definition) is 2. The van der Waals surface area contributed by atoms with Crippen molar-refractivity contribution in [2.75, 3.05) is 31.6 Å². The lowest BCUT2D eigenvalue weighted by molar-refractivity contribution is 0.115. The van der Waals surface area contributed by atoms with Crippen LogP contribution in [0.15, 0.2) is 0 Å². The summed E-state index contributed by atoms with van der Waals surface area (Å²) in [4.78, 5) is 2.37. The average Bonchev–Trinajstić information content (AvgIpc) is 2.84. The van der Waals surface area contributed by atoms with Gasteiger partial charge >= 0.3 is 0 Å². The minimum absolute atomic E-state index is 0.298. The van der Waals surface area contributed by atoms with Crippen molar-refractivity contribution in [3.8, 4) is 0 Å². The van der Waals surface area contributed by atoms with Gasteiger partial charge in [0.2, 0.25) is 0 Å². The van der Waals surface area contributed by atoms with Crippen LogP contribution in [0.4, 0.5) is 5.00 Å². The molecule has 1 aliphatic rings. The SMILES string of the molecule is CCCNc1snnc1CN1CCCC(CO)C1. The zero-order valence-electron chi connectivity index (χ0n) is 10.9. The quantitative estimate of drug-likeness (QED) is 0.821. The summed E-state index contributed by atoms with van der Waals surface area (Å²) in [5.74, 6) is 0.428. The van der Waals surface area contributed by atoms with Crippen LogP contribution >= 0.6 is 11.5 Å². The van der Waals surface area contributed by atoms with Crippen molar-refractivity contribution in [1.29, 1.82) is 0 Å². The number of nitrogens with zero attached hydrogens (tertiary/aromatic N) is 3. The first kappa shape index (κ1) is 13.7. The monoisotopic (exact) mass is 270 g/mol. The maximum absolute atomic E-state index is 9.24. The Labute approximate surface area is 112 Å². The Balaban J connectivity index is 1.90. The van der Waals surface area contributed by atoms with Crippen LogP contribution in [0.5, 0.6) is 0 Å². The highest BCUT2D eigenvalue weighted by molar-refractivity contribution is 7.10. The fourth-order valence-corrected chi connectivity index (χ4v) is 2.94. The molecule has 0 aromatic carbocycles. The van der Waals surface area contributed by atoms with Gasteiger partial charge in [0.05, 0.1) is 0 Å². The predicted octanol–water partition coefficient (Wildman–Crippen LogP) is 1.56. The number of hydrogen-bond acceptors (Lipinski definition) is 6. The molecule has 0 spiro atoms. The lowest BCUT2D eigenvalue weighted by atomic mass is 9.99. The first-order chi connectivity index (χ1) is 8.83. The Hall–Kier alpha value is -0.720. The minimum Gasteiger partial charge on any atom is -0.396 e. The summed E-state index contributed by atoms with van der Waals surface area (Å²) in [6.45, 7) is 6.34. The van der Waals surface area contributed by atoms with Gasteiger partial charge in [-0.1, -0.05) is 11.4 Å². The molecule has 0 amide bonds. The van der Waals surface area contributed by atoms with Gasteiger partial charge in [-0.25, -0.2) is 0 Å². The first-order valence-corrected chi connectivity index (χ1v) is 7.49. The largest absolute Gasteiger partial charge is 0.396 e. The number of likely N-dealkylation sites (tertiary alicyclic amines) is 1. The van der Waals surface area contributed by atoms with Crippen LogP contribution < -0.4 is 5.32 Å². The topological polar surface area (TPSA) is 61.3 Å². The standard InChI is InChI=1S/C12H22N4OS/c1-2-5-13-12-11(14-15-18-12)8-16-6-3-4-10(7-16)9-17/h10,13,17H,2-9H2,1H3. The van der Waals surface area contributed by atoms with Gasteiger partial charge in [-0.15, -0.1) is 5.10 Å². The molecule has 1 aromatic rings. The van der Waals surface area contributed by atoms with Gasteiger partial charge in [0.25, 0.3) is 0 Å². The normalized spacial score (nSPS) is 21.1. The highest BCUT2D eigenvalue weighted by Crippen LogP contribution is 2.22. The third kappa shape index (κ3) is 3.63. The average molecular weight is 270 g/mol. The van der Waals surface area contributed by atoms with E-state index >= 15 is 0 Å².